The standard InChI is InChI=1S/C36H42N6O4S/c1-4-26-27(29-12-8-22(35(41-29)45-2)18-37-20-24-10-16-33(43)39-24)6-5-7-28(26)31-14-15-32(47-31)30-13-9-23(36(42-30)46-3)19-38-21-25-11-17-34(44)40-25/h5-9,12-15,24-25,37-38H,4,10-11,16-21H2,1-3H3,(H,39,43)(H,40,44). The molecule has 10 nitrogen and oxygen atoms in total. The zero-order valence-corrected chi connectivity index (χ0v) is 28.0. The van der Waals surface area contributed by atoms with Gasteiger partial charge in [-0.15, -0.1) is 11.3 Å². The summed E-state index contributed by atoms with van der Waals surface area (Å²) >= 11 is 1.71. The van der Waals surface area contributed by atoms with E-state index < -0.39 is 0 Å². The summed E-state index contributed by atoms with van der Waals surface area (Å²) in [6.45, 7) is 4.83. The van der Waals surface area contributed by atoms with Crippen molar-refractivity contribution in [2.24, 2.45) is 0 Å². The van der Waals surface area contributed by atoms with Gasteiger partial charge in [0.2, 0.25) is 23.6 Å². The van der Waals surface area contributed by atoms with Crippen LogP contribution in [0.5, 0.6) is 11.8 Å². The highest BCUT2D eigenvalue weighted by Gasteiger charge is 2.22. The Kier molecular flexibility index (Phi) is 10.4. The molecule has 4 N–H and O–H groups in total. The fourth-order valence-electron chi connectivity index (χ4n) is 6.33. The molecule has 246 valence electrons. The van der Waals surface area contributed by atoms with E-state index in [4.69, 9.17) is 19.4 Å². The third-order valence-corrected chi connectivity index (χ3v) is 9.92. The molecule has 1 aromatic carbocycles. The van der Waals surface area contributed by atoms with Gasteiger partial charge < -0.3 is 30.7 Å². The Morgan fingerprint density at radius 1 is 0.745 bits per heavy atom. The van der Waals surface area contributed by atoms with Gasteiger partial charge in [0.05, 0.1) is 30.5 Å². The van der Waals surface area contributed by atoms with Gasteiger partial charge >= 0.3 is 0 Å². The van der Waals surface area contributed by atoms with Gasteiger partial charge in [0.25, 0.3) is 0 Å². The summed E-state index contributed by atoms with van der Waals surface area (Å²) in [7, 11) is 3.30. The van der Waals surface area contributed by atoms with Crippen molar-refractivity contribution in [3.63, 3.8) is 0 Å². The van der Waals surface area contributed by atoms with Gasteiger partial charge in [-0.2, -0.15) is 0 Å². The van der Waals surface area contributed by atoms with E-state index in [-0.39, 0.29) is 23.9 Å². The lowest BCUT2D eigenvalue weighted by Crippen LogP contribution is -2.35. The third-order valence-electron chi connectivity index (χ3n) is 8.78. The van der Waals surface area contributed by atoms with Crippen molar-refractivity contribution in [3.8, 4) is 44.0 Å². The number of methoxy groups -OCH3 is 2. The Bertz CT molecular complexity index is 1740. The molecule has 6 rings (SSSR count). The number of carbonyl (C=O) groups is 2. The second-order valence-corrected chi connectivity index (χ2v) is 13.0. The van der Waals surface area contributed by atoms with E-state index in [1.54, 1.807) is 25.6 Å². The van der Waals surface area contributed by atoms with Crippen LogP contribution in [0.3, 0.4) is 0 Å². The predicted octanol–water partition coefficient (Wildman–Crippen LogP) is 4.86. The number of ether oxygens (including phenoxy) is 2. The van der Waals surface area contributed by atoms with Crippen LogP contribution in [0.15, 0.2) is 54.6 Å². The molecule has 3 aromatic heterocycles. The van der Waals surface area contributed by atoms with Crippen LogP contribution in [-0.2, 0) is 29.1 Å². The van der Waals surface area contributed by atoms with Crippen molar-refractivity contribution in [3.05, 3.63) is 71.3 Å². The first-order chi connectivity index (χ1) is 22.9. The van der Waals surface area contributed by atoms with Crippen molar-refractivity contribution >= 4 is 23.2 Å². The molecule has 2 aliphatic heterocycles. The molecule has 0 radical (unpaired) electrons. The minimum absolute atomic E-state index is 0.122. The Balaban J connectivity index is 1.17. The number of hydrogen-bond donors (Lipinski definition) is 4. The van der Waals surface area contributed by atoms with E-state index in [9.17, 15) is 9.59 Å². The van der Waals surface area contributed by atoms with Crippen molar-refractivity contribution in [2.45, 2.75) is 64.2 Å². The lowest BCUT2D eigenvalue weighted by Gasteiger charge is -2.16. The van der Waals surface area contributed by atoms with Gasteiger partial charge in [-0.3, -0.25) is 9.59 Å². The first-order valence-electron chi connectivity index (χ1n) is 16.3. The molecule has 5 heterocycles. The summed E-state index contributed by atoms with van der Waals surface area (Å²) in [5, 5.41) is 12.8. The molecule has 2 saturated heterocycles. The first kappa shape index (κ1) is 32.6. The Labute approximate surface area is 279 Å². The highest BCUT2D eigenvalue weighted by molar-refractivity contribution is 7.18. The number of thiophene rings is 1. The van der Waals surface area contributed by atoms with Gasteiger partial charge in [0.1, 0.15) is 0 Å². The van der Waals surface area contributed by atoms with Crippen LogP contribution < -0.4 is 30.7 Å². The van der Waals surface area contributed by atoms with E-state index in [0.717, 1.165) is 63.6 Å². The normalized spacial score (nSPS) is 17.5. The summed E-state index contributed by atoms with van der Waals surface area (Å²) in [5.41, 5.74) is 7.18. The molecule has 47 heavy (non-hydrogen) atoms. The molecule has 4 aromatic rings. The average molecular weight is 655 g/mol. The van der Waals surface area contributed by atoms with Crippen LogP contribution in [0.2, 0.25) is 0 Å². The van der Waals surface area contributed by atoms with E-state index in [1.807, 2.05) is 6.07 Å². The van der Waals surface area contributed by atoms with E-state index in [2.05, 4.69) is 76.7 Å². The number of aromatic nitrogens is 2. The Morgan fingerprint density at radius 2 is 1.30 bits per heavy atom. The number of amides is 2. The second kappa shape index (κ2) is 15.1. The zero-order valence-electron chi connectivity index (χ0n) is 27.2. The second-order valence-electron chi connectivity index (χ2n) is 11.9. The highest BCUT2D eigenvalue weighted by Crippen LogP contribution is 2.39. The molecule has 0 aliphatic carbocycles. The van der Waals surface area contributed by atoms with Crippen LogP contribution in [0.1, 0.15) is 49.3 Å². The molecule has 0 saturated carbocycles. The fraction of sp³-hybridized carbons (Fsp3) is 0.389. The monoisotopic (exact) mass is 654 g/mol. The molecule has 2 fully saturated rings. The fourth-order valence-corrected chi connectivity index (χ4v) is 7.36. The highest BCUT2D eigenvalue weighted by atomic mass is 32.1. The maximum Gasteiger partial charge on any atom is 0.220 e. The summed E-state index contributed by atoms with van der Waals surface area (Å²) in [6.07, 6.45) is 3.76. The number of benzene rings is 1. The number of rotatable bonds is 14. The van der Waals surface area contributed by atoms with Crippen LogP contribution in [0.25, 0.3) is 32.3 Å². The Hall–Kier alpha value is -4.32. The molecule has 2 amide bonds. The largest absolute Gasteiger partial charge is 0.481 e. The van der Waals surface area contributed by atoms with Crippen LogP contribution >= 0.6 is 11.3 Å². The smallest absolute Gasteiger partial charge is 0.220 e. The molecular formula is C36H42N6O4S. The molecular weight excluding hydrogens is 613 g/mol. The van der Waals surface area contributed by atoms with Gasteiger partial charge in [0.15, 0.2) is 0 Å². The minimum Gasteiger partial charge on any atom is -0.481 e. The lowest BCUT2D eigenvalue weighted by atomic mass is 9.95. The van der Waals surface area contributed by atoms with Crippen LogP contribution in [0, 0.1) is 0 Å². The average Bonchev–Trinajstić information content (AvgIpc) is 3.86. The third kappa shape index (κ3) is 7.64. The quantitative estimate of drug-likeness (QED) is 0.152. The minimum atomic E-state index is 0.122. The maximum absolute atomic E-state index is 11.5. The summed E-state index contributed by atoms with van der Waals surface area (Å²) in [4.78, 5) is 35.0. The van der Waals surface area contributed by atoms with Gasteiger partial charge in [-0.25, -0.2) is 9.97 Å². The number of carbonyl (C=O) groups excluding carboxylic acids is 2. The maximum atomic E-state index is 11.5. The van der Waals surface area contributed by atoms with Crippen molar-refractivity contribution in [1.82, 2.24) is 31.2 Å². The van der Waals surface area contributed by atoms with Crippen molar-refractivity contribution in [2.75, 3.05) is 27.3 Å². The predicted molar refractivity (Wildman–Crippen MR) is 184 cm³/mol. The summed E-state index contributed by atoms with van der Waals surface area (Å²) < 4.78 is 11.4. The lowest BCUT2D eigenvalue weighted by molar-refractivity contribution is -0.120. The number of pyridine rings is 2. The van der Waals surface area contributed by atoms with Crippen LogP contribution in [-0.4, -0.2) is 61.2 Å². The first-order valence-corrected chi connectivity index (χ1v) is 17.1. The Morgan fingerprint density at radius 3 is 1.85 bits per heavy atom. The molecule has 0 bridgehead atoms. The van der Waals surface area contributed by atoms with E-state index in [0.29, 0.717) is 44.2 Å². The molecule has 2 atom stereocenters. The molecule has 2 unspecified atom stereocenters. The molecule has 0 spiro atoms. The molecule has 2 aliphatic rings. The van der Waals surface area contributed by atoms with Crippen molar-refractivity contribution < 1.29 is 19.1 Å². The zero-order chi connectivity index (χ0) is 32.8. The number of nitrogens with zero attached hydrogens (tertiary/aromatic N) is 2. The van der Waals surface area contributed by atoms with E-state index >= 15 is 0 Å². The van der Waals surface area contributed by atoms with Crippen molar-refractivity contribution in [1.29, 1.82) is 0 Å². The molecule has 11 heteroatoms. The van der Waals surface area contributed by atoms with Gasteiger partial charge in [-0.05, 0) is 54.7 Å². The topological polar surface area (TPSA) is 126 Å². The number of hydrogen-bond acceptors (Lipinski definition) is 9. The van der Waals surface area contributed by atoms with Crippen LogP contribution in [0.4, 0.5) is 0 Å². The van der Waals surface area contributed by atoms with Gasteiger partial charge in [0, 0.05) is 72.7 Å². The SMILES string of the molecule is CCc1c(-c2ccc(CNCC3CCC(=O)N3)c(OC)n2)cccc1-c1ccc(-c2ccc(CNCC3CCC(=O)N3)c(OC)n2)s1. The van der Waals surface area contributed by atoms with Gasteiger partial charge in [-0.1, -0.05) is 37.3 Å². The van der Waals surface area contributed by atoms with E-state index in [1.165, 1.54) is 11.1 Å². The summed E-state index contributed by atoms with van der Waals surface area (Å²) in [6, 6.07) is 19.2. The summed E-state index contributed by atoms with van der Waals surface area (Å²) in [5.74, 6) is 1.44. The number of nitrogens with one attached hydrogen (secondary N) is 4.